The third kappa shape index (κ3) is 6.01. The topological polar surface area (TPSA) is 66.4 Å². The number of hydrogen-bond donors (Lipinski definition) is 2. The highest BCUT2D eigenvalue weighted by atomic mass is 32.2. The number of nitrogens with one attached hydrogen (secondary N) is 1. The predicted molar refractivity (Wildman–Crippen MR) is 71.6 cm³/mol. The summed E-state index contributed by atoms with van der Waals surface area (Å²) < 4.78 is 26.0. The molecule has 7 heteroatoms. The Hall–Kier alpha value is -1.63. The van der Waals surface area contributed by atoms with Crippen LogP contribution in [0.15, 0.2) is 23.1 Å². The van der Waals surface area contributed by atoms with Gasteiger partial charge < -0.3 is 10.4 Å². The van der Waals surface area contributed by atoms with Crippen LogP contribution in [0.4, 0.5) is 8.78 Å². The van der Waals surface area contributed by atoms with Crippen molar-refractivity contribution in [2.45, 2.75) is 30.7 Å². The zero-order valence-corrected chi connectivity index (χ0v) is 11.7. The molecule has 0 aromatic heterocycles. The van der Waals surface area contributed by atoms with E-state index in [-0.39, 0.29) is 29.0 Å². The van der Waals surface area contributed by atoms with E-state index >= 15 is 0 Å². The molecule has 1 rings (SSSR count). The van der Waals surface area contributed by atoms with E-state index in [0.29, 0.717) is 6.42 Å². The number of amides is 1. The Bertz CT molecular complexity index is 497. The average molecular weight is 303 g/mol. The summed E-state index contributed by atoms with van der Waals surface area (Å²) in [6.07, 6.45) is 0.303. The van der Waals surface area contributed by atoms with Crippen molar-refractivity contribution in [2.24, 2.45) is 0 Å². The van der Waals surface area contributed by atoms with Gasteiger partial charge in [0, 0.05) is 23.4 Å². The van der Waals surface area contributed by atoms with Gasteiger partial charge in [-0.2, -0.15) is 0 Å². The van der Waals surface area contributed by atoms with Crippen LogP contribution in [0.2, 0.25) is 0 Å². The van der Waals surface area contributed by atoms with Gasteiger partial charge in [-0.05, 0) is 25.5 Å². The van der Waals surface area contributed by atoms with Gasteiger partial charge in [-0.25, -0.2) is 8.78 Å². The summed E-state index contributed by atoms with van der Waals surface area (Å²) >= 11 is 0.960. The van der Waals surface area contributed by atoms with Gasteiger partial charge in [-0.3, -0.25) is 9.59 Å². The first-order valence-corrected chi connectivity index (χ1v) is 6.96. The van der Waals surface area contributed by atoms with Gasteiger partial charge in [-0.1, -0.05) is 0 Å². The van der Waals surface area contributed by atoms with Crippen LogP contribution in [0, 0.1) is 11.6 Å². The standard InChI is InChI=1S/C13H15F2NO3S/c1-8(2-5-13(18)19)16-12(17)7-20-11-4-3-9(14)6-10(11)15/h3-4,6,8H,2,5,7H2,1H3,(H,16,17)(H,18,19). The molecule has 0 spiro atoms. The maximum Gasteiger partial charge on any atom is 0.303 e. The molecule has 0 saturated carbocycles. The fourth-order valence-electron chi connectivity index (χ4n) is 1.46. The number of aliphatic carboxylic acids is 1. The normalized spacial score (nSPS) is 11.9. The molecule has 0 bridgehead atoms. The lowest BCUT2D eigenvalue weighted by atomic mass is 10.2. The van der Waals surface area contributed by atoms with E-state index in [1.807, 2.05) is 0 Å². The van der Waals surface area contributed by atoms with Crippen LogP contribution in [0.3, 0.4) is 0 Å². The molecule has 4 nitrogen and oxygen atoms in total. The fourth-order valence-corrected chi connectivity index (χ4v) is 2.20. The zero-order valence-electron chi connectivity index (χ0n) is 10.9. The van der Waals surface area contributed by atoms with Gasteiger partial charge in [-0.15, -0.1) is 11.8 Å². The van der Waals surface area contributed by atoms with Crippen molar-refractivity contribution in [3.8, 4) is 0 Å². The minimum atomic E-state index is -0.922. The Morgan fingerprint density at radius 2 is 2.10 bits per heavy atom. The Kier molecular flexibility index (Phi) is 6.44. The average Bonchev–Trinajstić information content (AvgIpc) is 2.35. The summed E-state index contributed by atoms with van der Waals surface area (Å²) in [5.41, 5.74) is 0. The van der Waals surface area contributed by atoms with E-state index in [1.165, 1.54) is 6.07 Å². The lowest BCUT2D eigenvalue weighted by Gasteiger charge is -2.12. The molecule has 0 fully saturated rings. The number of hydrogen-bond acceptors (Lipinski definition) is 3. The van der Waals surface area contributed by atoms with Gasteiger partial charge in [0.1, 0.15) is 11.6 Å². The molecule has 1 aromatic rings. The summed E-state index contributed by atoms with van der Waals surface area (Å²) in [6, 6.07) is 2.89. The van der Waals surface area contributed by atoms with Gasteiger partial charge in [0.2, 0.25) is 5.91 Å². The summed E-state index contributed by atoms with van der Waals surface area (Å²) in [5.74, 6) is -2.63. The molecule has 1 amide bonds. The molecule has 1 atom stereocenters. The fraction of sp³-hybridized carbons (Fsp3) is 0.385. The Morgan fingerprint density at radius 1 is 1.40 bits per heavy atom. The van der Waals surface area contributed by atoms with Gasteiger partial charge >= 0.3 is 5.97 Å². The highest BCUT2D eigenvalue weighted by Crippen LogP contribution is 2.22. The van der Waals surface area contributed by atoms with E-state index < -0.39 is 17.6 Å². The summed E-state index contributed by atoms with van der Waals surface area (Å²) in [6.45, 7) is 1.70. The van der Waals surface area contributed by atoms with Crippen molar-refractivity contribution in [3.05, 3.63) is 29.8 Å². The second-order valence-electron chi connectivity index (χ2n) is 4.26. The number of carboxylic acid groups (broad SMARTS) is 1. The van der Waals surface area contributed by atoms with Crippen molar-refractivity contribution < 1.29 is 23.5 Å². The van der Waals surface area contributed by atoms with Gasteiger partial charge in [0.15, 0.2) is 0 Å². The van der Waals surface area contributed by atoms with Crippen molar-refractivity contribution in [1.29, 1.82) is 0 Å². The maximum atomic E-state index is 13.3. The molecule has 1 unspecified atom stereocenters. The molecule has 0 aliphatic carbocycles. The molecule has 0 aliphatic rings. The molecule has 2 N–H and O–H groups in total. The minimum Gasteiger partial charge on any atom is -0.481 e. The maximum absolute atomic E-state index is 13.3. The smallest absolute Gasteiger partial charge is 0.303 e. The highest BCUT2D eigenvalue weighted by Gasteiger charge is 2.11. The van der Waals surface area contributed by atoms with Crippen LogP contribution in [0.5, 0.6) is 0 Å². The van der Waals surface area contributed by atoms with E-state index in [1.54, 1.807) is 6.92 Å². The SMILES string of the molecule is CC(CCC(=O)O)NC(=O)CSc1ccc(F)cc1F. The lowest BCUT2D eigenvalue weighted by molar-refractivity contribution is -0.137. The van der Waals surface area contributed by atoms with Gasteiger partial charge in [0.25, 0.3) is 0 Å². The molecule has 0 aliphatic heterocycles. The quantitative estimate of drug-likeness (QED) is 0.759. The van der Waals surface area contributed by atoms with E-state index in [2.05, 4.69) is 5.32 Å². The minimum absolute atomic E-state index is 0.0139. The molecular formula is C13H15F2NO3S. The van der Waals surface area contributed by atoms with Crippen molar-refractivity contribution in [2.75, 3.05) is 5.75 Å². The summed E-state index contributed by atoms with van der Waals surface area (Å²) in [5, 5.41) is 11.1. The summed E-state index contributed by atoms with van der Waals surface area (Å²) in [4.78, 5) is 22.1. The second kappa shape index (κ2) is 7.84. The van der Waals surface area contributed by atoms with Crippen molar-refractivity contribution in [3.63, 3.8) is 0 Å². The lowest BCUT2D eigenvalue weighted by Crippen LogP contribution is -2.34. The van der Waals surface area contributed by atoms with Crippen molar-refractivity contribution in [1.82, 2.24) is 5.32 Å². The van der Waals surface area contributed by atoms with Crippen LogP contribution < -0.4 is 5.32 Å². The first kappa shape index (κ1) is 16.4. The number of carbonyl (C=O) groups is 2. The Morgan fingerprint density at radius 3 is 2.70 bits per heavy atom. The van der Waals surface area contributed by atoms with Gasteiger partial charge in [0.05, 0.1) is 5.75 Å². The largest absolute Gasteiger partial charge is 0.481 e. The molecule has 1 aromatic carbocycles. The molecule has 0 heterocycles. The van der Waals surface area contributed by atoms with Crippen LogP contribution in [0.1, 0.15) is 19.8 Å². The number of benzene rings is 1. The monoisotopic (exact) mass is 303 g/mol. The molecular weight excluding hydrogens is 288 g/mol. The molecule has 20 heavy (non-hydrogen) atoms. The first-order valence-electron chi connectivity index (χ1n) is 5.97. The second-order valence-corrected chi connectivity index (χ2v) is 5.28. The van der Waals surface area contributed by atoms with E-state index in [0.717, 1.165) is 23.9 Å². The number of halogens is 2. The zero-order chi connectivity index (χ0) is 15.1. The van der Waals surface area contributed by atoms with Crippen molar-refractivity contribution >= 4 is 23.6 Å². The van der Waals surface area contributed by atoms with Crippen LogP contribution in [0.25, 0.3) is 0 Å². The molecule has 0 saturated heterocycles. The number of carboxylic acids is 1. The van der Waals surface area contributed by atoms with E-state index in [9.17, 15) is 18.4 Å². The number of thioether (sulfide) groups is 1. The molecule has 0 radical (unpaired) electrons. The van der Waals surface area contributed by atoms with Crippen LogP contribution in [-0.2, 0) is 9.59 Å². The Balaban J connectivity index is 2.37. The van der Waals surface area contributed by atoms with Crippen LogP contribution >= 0.6 is 11.8 Å². The highest BCUT2D eigenvalue weighted by molar-refractivity contribution is 8.00. The molecule has 110 valence electrons. The number of carbonyl (C=O) groups excluding carboxylic acids is 1. The Labute approximate surface area is 119 Å². The third-order valence-corrected chi connectivity index (χ3v) is 3.50. The number of rotatable bonds is 7. The van der Waals surface area contributed by atoms with Crippen LogP contribution in [-0.4, -0.2) is 28.8 Å². The van der Waals surface area contributed by atoms with E-state index in [4.69, 9.17) is 5.11 Å². The third-order valence-electron chi connectivity index (χ3n) is 2.45. The summed E-state index contributed by atoms with van der Waals surface area (Å²) in [7, 11) is 0. The predicted octanol–water partition coefficient (Wildman–Crippen LogP) is 2.43. The first-order chi connectivity index (χ1) is 9.38.